The Morgan fingerprint density at radius 1 is 1.36 bits per heavy atom. The number of halogens is 1. The van der Waals surface area contributed by atoms with Gasteiger partial charge in [-0.2, -0.15) is 0 Å². The number of benzene rings is 1. The highest BCUT2D eigenvalue weighted by molar-refractivity contribution is 7.88. The van der Waals surface area contributed by atoms with Gasteiger partial charge in [-0.1, -0.05) is 18.2 Å². The van der Waals surface area contributed by atoms with Crippen molar-refractivity contribution in [2.75, 3.05) is 12.8 Å². The van der Waals surface area contributed by atoms with Gasteiger partial charge in [0.15, 0.2) is 0 Å². The highest BCUT2D eigenvalue weighted by atomic mass is 32.2. The molecule has 3 rings (SSSR count). The van der Waals surface area contributed by atoms with Crippen molar-refractivity contribution in [1.29, 1.82) is 0 Å². The molecule has 0 radical (unpaired) electrons. The molecule has 5 nitrogen and oxygen atoms in total. The summed E-state index contributed by atoms with van der Waals surface area (Å²) >= 11 is 0. The maximum Gasteiger partial charge on any atom is 0.227 e. The number of hydrogen-bond donors (Lipinski definition) is 1. The first-order valence-electron chi connectivity index (χ1n) is 7.33. The molecule has 1 saturated heterocycles. The summed E-state index contributed by atoms with van der Waals surface area (Å²) in [6, 6.07) is 6.26. The molecule has 0 spiro atoms. The second-order valence-corrected chi connectivity index (χ2v) is 7.98. The first-order chi connectivity index (χ1) is 10.3. The number of nitrogens with zero attached hydrogens (tertiary/aromatic N) is 1. The molecule has 0 unspecified atom stereocenters. The van der Waals surface area contributed by atoms with Crippen molar-refractivity contribution >= 4 is 15.9 Å². The Labute approximate surface area is 129 Å². The van der Waals surface area contributed by atoms with E-state index in [1.807, 2.05) is 0 Å². The van der Waals surface area contributed by atoms with Gasteiger partial charge in [-0.25, -0.2) is 17.5 Å². The van der Waals surface area contributed by atoms with Crippen molar-refractivity contribution in [3.05, 3.63) is 35.6 Å². The highest BCUT2D eigenvalue weighted by Crippen LogP contribution is 2.38. The van der Waals surface area contributed by atoms with Crippen LogP contribution in [0.5, 0.6) is 0 Å². The Kier molecular flexibility index (Phi) is 3.94. The molecule has 1 heterocycles. The van der Waals surface area contributed by atoms with Crippen molar-refractivity contribution in [2.45, 2.75) is 31.3 Å². The minimum Gasteiger partial charge on any atom is -0.339 e. The Morgan fingerprint density at radius 2 is 2.09 bits per heavy atom. The third-order valence-corrected chi connectivity index (χ3v) is 5.26. The quantitative estimate of drug-likeness (QED) is 0.894. The molecule has 1 aliphatic heterocycles. The fraction of sp³-hybridized carbons (Fsp3) is 0.533. The van der Waals surface area contributed by atoms with Gasteiger partial charge < -0.3 is 4.90 Å². The van der Waals surface area contributed by atoms with Crippen LogP contribution in [0.3, 0.4) is 0 Å². The van der Waals surface area contributed by atoms with Crippen molar-refractivity contribution in [3.8, 4) is 0 Å². The summed E-state index contributed by atoms with van der Waals surface area (Å²) in [6.45, 7) is 0.547. The van der Waals surface area contributed by atoms with Crippen LogP contribution in [0, 0.1) is 11.7 Å². The molecule has 1 saturated carbocycles. The van der Waals surface area contributed by atoms with Crippen LogP contribution in [0.15, 0.2) is 24.3 Å². The van der Waals surface area contributed by atoms with E-state index in [0.29, 0.717) is 18.5 Å². The molecule has 3 atom stereocenters. The van der Waals surface area contributed by atoms with Crippen LogP contribution in [-0.4, -0.2) is 44.1 Å². The van der Waals surface area contributed by atoms with Crippen LogP contribution in [0.25, 0.3) is 0 Å². The number of carbonyl (C=O) groups is 1. The highest BCUT2D eigenvalue weighted by Gasteiger charge is 2.47. The van der Waals surface area contributed by atoms with Gasteiger partial charge in [-0.3, -0.25) is 4.79 Å². The van der Waals surface area contributed by atoms with Gasteiger partial charge in [0, 0.05) is 18.6 Å². The SMILES string of the molecule is CS(=O)(=O)N[C@H]1C[C@@H]2C[C@H]1CN2C(=O)Cc1ccccc1F. The van der Waals surface area contributed by atoms with E-state index in [1.165, 1.54) is 6.07 Å². The number of amides is 1. The van der Waals surface area contributed by atoms with E-state index in [4.69, 9.17) is 0 Å². The van der Waals surface area contributed by atoms with Crippen molar-refractivity contribution < 1.29 is 17.6 Å². The van der Waals surface area contributed by atoms with Gasteiger partial charge in [-0.15, -0.1) is 0 Å². The van der Waals surface area contributed by atoms with Crippen molar-refractivity contribution in [1.82, 2.24) is 9.62 Å². The van der Waals surface area contributed by atoms with Gasteiger partial charge >= 0.3 is 0 Å². The number of carbonyl (C=O) groups excluding carboxylic acids is 1. The summed E-state index contributed by atoms with van der Waals surface area (Å²) in [5, 5.41) is 0. The van der Waals surface area contributed by atoms with Crippen LogP contribution < -0.4 is 4.72 Å². The number of piperidine rings is 1. The number of likely N-dealkylation sites (tertiary alicyclic amines) is 1. The van der Waals surface area contributed by atoms with Crippen LogP contribution in [-0.2, 0) is 21.2 Å². The van der Waals surface area contributed by atoms with Crippen LogP contribution in [0.4, 0.5) is 4.39 Å². The molecule has 120 valence electrons. The molecule has 2 fully saturated rings. The topological polar surface area (TPSA) is 66.5 Å². The lowest BCUT2D eigenvalue weighted by atomic mass is 10.0. The summed E-state index contributed by atoms with van der Waals surface area (Å²) in [4.78, 5) is 14.1. The summed E-state index contributed by atoms with van der Waals surface area (Å²) in [7, 11) is -3.22. The van der Waals surface area contributed by atoms with E-state index in [9.17, 15) is 17.6 Å². The number of nitrogens with one attached hydrogen (secondary N) is 1. The van der Waals surface area contributed by atoms with Crippen molar-refractivity contribution in [2.24, 2.45) is 5.92 Å². The van der Waals surface area contributed by atoms with E-state index in [1.54, 1.807) is 23.1 Å². The zero-order chi connectivity index (χ0) is 15.9. The fourth-order valence-corrected chi connectivity index (χ4v) is 4.42. The zero-order valence-electron chi connectivity index (χ0n) is 12.3. The predicted molar refractivity (Wildman–Crippen MR) is 80.1 cm³/mol. The largest absolute Gasteiger partial charge is 0.339 e. The zero-order valence-corrected chi connectivity index (χ0v) is 13.1. The van der Waals surface area contributed by atoms with E-state index >= 15 is 0 Å². The number of sulfonamides is 1. The van der Waals surface area contributed by atoms with E-state index in [-0.39, 0.29) is 36.1 Å². The molecule has 1 aromatic rings. The van der Waals surface area contributed by atoms with Gasteiger partial charge in [0.05, 0.1) is 12.7 Å². The maximum absolute atomic E-state index is 13.6. The number of fused-ring (bicyclic) bond motifs is 2. The average molecular weight is 326 g/mol. The van der Waals surface area contributed by atoms with E-state index in [0.717, 1.165) is 12.7 Å². The molecule has 1 aromatic carbocycles. The Balaban J connectivity index is 1.63. The summed E-state index contributed by atoms with van der Waals surface area (Å²) in [6.07, 6.45) is 2.66. The minimum atomic E-state index is -3.22. The summed E-state index contributed by atoms with van der Waals surface area (Å²) < 4.78 is 38.9. The molecule has 2 bridgehead atoms. The second-order valence-electron chi connectivity index (χ2n) is 6.20. The van der Waals surface area contributed by atoms with Crippen molar-refractivity contribution in [3.63, 3.8) is 0 Å². The van der Waals surface area contributed by atoms with E-state index < -0.39 is 10.0 Å². The van der Waals surface area contributed by atoms with Crippen LogP contribution in [0.2, 0.25) is 0 Å². The molecule has 1 aliphatic carbocycles. The third-order valence-electron chi connectivity index (χ3n) is 4.53. The second kappa shape index (κ2) is 5.62. The lowest BCUT2D eigenvalue weighted by Gasteiger charge is -2.31. The maximum atomic E-state index is 13.6. The normalized spacial score (nSPS) is 27.4. The molecule has 2 aliphatic rings. The lowest BCUT2D eigenvalue weighted by Crippen LogP contribution is -2.47. The Hall–Kier alpha value is -1.47. The van der Waals surface area contributed by atoms with Crippen LogP contribution >= 0.6 is 0 Å². The first kappa shape index (κ1) is 15.4. The van der Waals surface area contributed by atoms with Gasteiger partial charge in [0.2, 0.25) is 15.9 Å². The standard InChI is InChI=1S/C15H19FN2O3S/c1-22(20,21)17-14-8-12-6-11(14)9-18(12)15(19)7-10-4-2-3-5-13(10)16/h2-5,11-12,14,17H,6-9H2,1H3/t11-,12-,14-/m0/s1. The fourth-order valence-electron chi connectivity index (χ4n) is 3.58. The third kappa shape index (κ3) is 3.15. The average Bonchev–Trinajstić information content (AvgIpc) is 2.99. The molecule has 22 heavy (non-hydrogen) atoms. The number of hydrogen-bond acceptors (Lipinski definition) is 3. The predicted octanol–water partition coefficient (Wildman–Crippen LogP) is 0.907. The van der Waals surface area contributed by atoms with Crippen LogP contribution in [0.1, 0.15) is 18.4 Å². The van der Waals surface area contributed by atoms with Gasteiger partial charge in [-0.05, 0) is 30.4 Å². The smallest absolute Gasteiger partial charge is 0.227 e. The summed E-state index contributed by atoms with van der Waals surface area (Å²) in [5.74, 6) is -0.295. The minimum absolute atomic E-state index is 0.0556. The molecule has 7 heteroatoms. The molecule has 1 amide bonds. The molecular formula is C15H19FN2O3S. The summed E-state index contributed by atoms with van der Waals surface area (Å²) in [5.41, 5.74) is 0.404. The molecule has 0 aromatic heterocycles. The molecule has 1 N–H and O–H groups in total. The Morgan fingerprint density at radius 3 is 2.68 bits per heavy atom. The molecular weight excluding hydrogens is 307 g/mol. The lowest BCUT2D eigenvalue weighted by molar-refractivity contribution is -0.132. The van der Waals surface area contributed by atoms with Gasteiger partial charge in [0.1, 0.15) is 5.82 Å². The monoisotopic (exact) mass is 326 g/mol. The van der Waals surface area contributed by atoms with Gasteiger partial charge in [0.25, 0.3) is 0 Å². The first-order valence-corrected chi connectivity index (χ1v) is 9.23. The number of rotatable bonds is 4. The van der Waals surface area contributed by atoms with E-state index in [2.05, 4.69) is 4.72 Å². The Bertz CT molecular complexity index is 692.